The summed E-state index contributed by atoms with van der Waals surface area (Å²) < 4.78 is 13.8. The van der Waals surface area contributed by atoms with Crippen LogP contribution in [0.3, 0.4) is 0 Å². The van der Waals surface area contributed by atoms with Crippen LogP contribution in [0, 0.1) is 5.92 Å². The molecule has 0 spiro atoms. The molecule has 2 unspecified atom stereocenters. The fourth-order valence-corrected chi connectivity index (χ4v) is 2.21. The molecule has 1 heterocycles. The second-order valence-electron chi connectivity index (χ2n) is 4.41. The van der Waals surface area contributed by atoms with Gasteiger partial charge in [0.2, 0.25) is 0 Å². The molecular formula is C12H22FN. The van der Waals surface area contributed by atoms with Gasteiger partial charge in [0.05, 0.1) is 0 Å². The first kappa shape index (κ1) is 11.7. The van der Waals surface area contributed by atoms with Crippen molar-refractivity contribution in [2.24, 2.45) is 10.9 Å². The molecule has 1 nitrogen and oxygen atoms in total. The third-order valence-corrected chi connectivity index (χ3v) is 2.99. The van der Waals surface area contributed by atoms with Gasteiger partial charge in [-0.2, -0.15) is 0 Å². The van der Waals surface area contributed by atoms with Crippen molar-refractivity contribution >= 4 is 6.21 Å². The molecule has 0 aliphatic carbocycles. The number of hydrogen-bond donors (Lipinski definition) is 0. The van der Waals surface area contributed by atoms with E-state index in [2.05, 4.69) is 18.8 Å². The summed E-state index contributed by atoms with van der Waals surface area (Å²) in [5, 5.41) is 0. The molecule has 0 amide bonds. The molecule has 2 heteroatoms. The van der Waals surface area contributed by atoms with E-state index in [1.165, 1.54) is 0 Å². The number of aliphatic imine (C=N–C) groups is 1. The van der Waals surface area contributed by atoms with Crippen LogP contribution in [-0.4, -0.2) is 18.4 Å². The molecule has 1 aliphatic heterocycles. The lowest BCUT2D eigenvalue weighted by atomic mass is 9.89. The average molecular weight is 199 g/mol. The number of hydrogen-bond acceptors (Lipinski definition) is 1. The summed E-state index contributed by atoms with van der Waals surface area (Å²) in [6.45, 7) is 4.23. The predicted molar refractivity (Wildman–Crippen MR) is 59.7 cm³/mol. The third kappa shape index (κ3) is 3.77. The topological polar surface area (TPSA) is 12.4 Å². The Bertz CT molecular complexity index is 179. The molecule has 0 aromatic heterocycles. The molecular weight excluding hydrogens is 177 g/mol. The van der Waals surface area contributed by atoms with E-state index in [1.807, 2.05) is 6.21 Å². The summed E-state index contributed by atoms with van der Waals surface area (Å²) >= 11 is 0. The van der Waals surface area contributed by atoms with Gasteiger partial charge in [-0.1, -0.05) is 13.3 Å². The van der Waals surface area contributed by atoms with Gasteiger partial charge >= 0.3 is 0 Å². The Morgan fingerprint density at radius 1 is 1.50 bits per heavy atom. The van der Waals surface area contributed by atoms with Crippen LogP contribution in [0.2, 0.25) is 0 Å². The number of nitrogens with zero attached hydrogens (tertiary/aromatic N) is 1. The number of halogens is 1. The smallest absolute Gasteiger partial charge is 0.103 e. The van der Waals surface area contributed by atoms with Crippen molar-refractivity contribution in [1.29, 1.82) is 0 Å². The van der Waals surface area contributed by atoms with Crippen molar-refractivity contribution in [1.82, 2.24) is 0 Å². The monoisotopic (exact) mass is 199 g/mol. The molecule has 0 bridgehead atoms. The lowest BCUT2D eigenvalue weighted by Gasteiger charge is -2.21. The summed E-state index contributed by atoms with van der Waals surface area (Å²) in [6.07, 6.45) is 7.03. The summed E-state index contributed by atoms with van der Waals surface area (Å²) in [5.74, 6) is 0.241. The van der Waals surface area contributed by atoms with E-state index >= 15 is 0 Å². The Kier molecular flexibility index (Phi) is 5.13. The van der Waals surface area contributed by atoms with Gasteiger partial charge < -0.3 is 0 Å². The SMILES string of the molecule is CCCC1C[C@H](C)N=CCCCC1F. The minimum Gasteiger partial charge on any atom is -0.294 e. The van der Waals surface area contributed by atoms with Crippen LogP contribution in [0.4, 0.5) is 4.39 Å². The molecule has 0 N–H and O–H groups in total. The van der Waals surface area contributed by atoms with Gasteiger partial charge in [0, 0.05) is 6.04 Å². The molecule has 0 fully saturated rings. The maximum absolute atomic E-state index is 13.8. The van der Waals surface area contributed by atoms with Crippen LogP contribution in [0.15, 0.2) is 4.99 Å². The van der Waals surface area contributed by atoms with Crippen LogP contribution in [0.1, 0.15) is 52.4 Å². The normalized spacial score (nSPS) is 34.6. The molecule has 1 aliphatic rings. The Morgan fingerprint density at radius 3 is 3.00 bits per heavy atom. The second-order valence-corrected chi connectivity index (χ2v) is 4.41. The Hall–Kier alpha value is -0.400. The first-order chi connectivity index (χ1) is 6.74. The first-order valence-electron chi connectivity index (χ1n) is 5.89. The van der Waals surface area contributed by atoms with Crippen molar-refractivity contribution in [3.05, 3.63) is 0 Å². The van der Waals surface area contributed by atoms with Crippen LogP contribution in [-0.2, 0) is 0 Å². The molecule has 1 rings (SSSR count). The van der Waals surface area contributed by atoms with E-state index in [1.54, 1.807) is 0 Å². The minimum absolute atomic E-state index is 0.241. The highest BCUT2D eigenvalue weighted by Gasteiger charge is 2.22. The van der Waals surface area contributed by atoms with Gasteiger partial charge in [-0.3, -0.25) is 4.99 Å². The lowest BCUT2D eigenvalue weighted by Crippen LogP contribution is -2.19. The van der Waals surface area contributed by atoms with Crippen molar-refractivity contribution in [2.45, 2.75) is 64.6 Å². The van der Waals surface area contributed by atoms with Crippen molar-refractivity contribution in [3.8, 4) is 0 Å². The van der Waals surface area contributed by atoms with Crippen molar-refractivity contribution in [2.75, 3.05) is 0 Å². The lowest BCUT2D eigenvalue weighted by molar-refractivity contribution is 0.186. The van der Waals surface area contributed by atoms with Gasteiger partial charge in [-0.15, -0.1) is 0 Å². The van der Waals surface area contributed by atoms with Crippen molar-refractivity contribution < 1.29 is 4.39 Å². The second kappa shape index (κ2) is 6.15. The zero-order valence-corrected chi connectivity index (χ0v) is 9.38. The van der Waals surface area contributed by atoms with E-state index in [4.69, 9.17) is 0 Å². The van der Waals surface area contributed by atoms with Crippen LogP contribution in [0.25, 0.3) is 0 Å². The Morgan fingerprint density at radius 2 is 2.29 bits per heavy atom. The fraction of sp³-hybridized carbons (Fsp3) is 0.917. The van der Waals surface area contributed by atoms with Gasteiger partial charge in [0.25, 0.3) is 0 Å². The molecule has 0 saturated carbocycles. The molecule has 14 heavy (non-hydrogen) atoms. The van der Waals surface area contributed by atoms with Crippen LogP contribution >= 0.6 is 0 Å². The Balaban J connectivity index is 2.54. The third-order valence-electron chi connectivity index (χ3n) is 2.99. The summed E-state index contributed by atoms with van der Waals surface area (Å²) in [4.78, 5) is 4.42. The van der Waals surface area contributed by atoms with Gasteiger partial charge in [-0.05, 0) is 51.2 Å². The molecule has 82 valence electrons. The van der Waals surface area contributed by atoms with Gasteiger partial charge in [0.15, 0.2) is 0 Å². The average Bonchev–Trinajstić information content (AvgIpc) is 2.21. The van der Waals surface area contributed by atoms with Crippen molar-refractivity contribution in [3.63, 3.8) is 0 Å². The summed E-state index contributed by atoms with van der Waals surface area (Å²) in [6, 6.07) is 0.308. The van der Waals surface area contributed by atoms with Gasteiger partial charge in [0.1, 0.15) is 6.17 Å². The molecule has 3 atom stereocenters. The van der Waals surface area contributed by atoms with E-state index in [-0.39, 0.29) is 5.92 Å². The maximum atomic E-state index is 13.8. The molecule has 0 radical (unpaired) electrons. The summed E-state index contributed by atoms with van der Waals surface area (Å²) in [7, 11) is 0. The fourth-order valence-electron chi connectivity index (χ4n) is 2.21. The zero-order valence-electron chi connectivity index (χ0n) is 9.38. The Labute approximate surface area is 86.8 Å². The number of alkyl halides is 1. The maximum Gasteiger partial charge on any atom is 0.103 e. The number of rotatable bonds is 2. The van der Waals surface area contributed by atoms with Crippen LogP contribution in [0.5, 0.6) is 0 Å². The molecule has 0 aromatic carbocycles. The quantitative estimate of drug-likeness (QED) is 0.642. The predicted octanol–water partition coefficient (Wildman–Crippen LogP) is 3.77. The highest BCUT2D eigenvalue weighted by Crippen LogP contribution is 2.26. The largest absolute Gasteiger partial charge is 0.294 e. The zero-order chi connectivity index (χ0) is 10.4. The van der Waals surface area contributed by atoms with Crippen LogP contribution < -0.4 is 0 Å². The minimum atomic E-state index is -0.598. The summed E-state index contributed by atoms with van der Waals surface area (Å²) in [5.41, 5.74) is 0. The van der Waals surface area contributed by atoms with E-state index in [9.17, 15) is 4.39 Å². The van der Waals surface area contributed by atoms with E-state index in [0.717, 1.165) is 38.5 Å². The highest BCUT2D eigenvalue weighted by molar-refractivity contribution is 5.57. The van der Waals surface area contributed by atoms with E-state index in [0.29, 0.717) is 6.04 Å². The van der Waals surface area contributed by atoms with Gasteiger partial charge in [-0.25, -0.2) is 4.39 Å². The molecule has 0 saturated heterocycles. The first-order valence-corrected chi connectivity index (χ1v) is 5.89. The highest BCUT2D eigenvalue weighted by atomic mass is 19.1. The standard InChI is InChI=1S/C12H22FN/c1-3-6-11-9-10(2)14-8-5-4-7-12(11)13/h8,10-12H,3-7,9H2,1-2H3/t10-,11?,12?/m0/s1. The van der Waals surface area contributed by atoms with E-state index < -0.39 is 6.17 Å². The molecule has 0 aromatic rings.